The molecule has 0 saturated carbocycles. The lowest BCUT2D eigenvalue weighted by molar-refractivity contribution is -0.131. The van der Waals surface area contributed by atoms with Gasteiger partial charge in [0, 0.05) is 29.4 Å². The van der Waals surface area contributed by atoms with Crippen LogP contribution in [0.15, 0.2) is 48.8 Å². The molecule has 0 aliphatic heterocycles. The summed E-state index contributed by atoms with van der Waals surface area (Å²) in [5.41, 5.74) is 2.52. The summed E-state index contributed by atoms with van der Waals surface area (Å²) >= 11 is 0. The zero-order valence-electron chi connectivity index (χ0n) is 14.4. The molecule has 0 radical (unpaired) electrons. The van der Waals surface area contributed by atoms with Gasteiger partial charge in [0.25, 0.3) is 5.91 Å². The minimum atomic E-state index is -1.01. The summed E-state index contributed by atoms with van der Waals surface area (Å²) in [6.07, 6.45) is 5.77. The number of amides is 1. The van der Waals surface area contributed by atoms with Gasteiger partial charge in [0.05, 0.1) is 11.8 Å². The van der Waals surface area contributed by atoms with Gasteiger partial charge in [-0.2, -0.15) is 5.10 Å². The predicted molar refractivity (Wildman–Crippen MR) is 99.0 cm³/mol. The van der Waals surface area contributed by atoms with Crippen molar-refractivity contribution < 1.29 is 14.7 Å². The van der Waals surface area contributed by atoms with Gasteiger partial charge < -0.3 is 10.4 Å². The number of anilines is 1. The highest BCUT2D eigenvalue weighted by Gasteiger charge is 2.12. The molecule has 2 aromatic heterocycles. The van der Waals surface area contributed by atoms with Crippen molar-refractivity contribution in [3.63, 3.8) is 0 Å². The van der Waals surface area contributed by atoms with E-state index in [1.807, 2.05) is 13.8 Å². The molecule has 0 saturated heterocycles. The number of carboxylic acids is 1. The van der Waals surface area contributed by atoms with Crippen LogP contribution in [0.3, 0.4) is 0 Å². The van der Waals surface area contributed by atoms with Gasteiger partial charge in [-0.05, 0) is 43.7 Å². The van der Waals surface area contributed by atoms with E-state index in [0.29, 0.717) is 11.3 Å². The molecule has 0 bridgehead atoms. The number of nitrogens with one attached hydrogen (secondary N) is 1. The molecule has 1 amide bonds. The van der Waals surface area contributed by atoms with Crippen LogP contribution in [-0.2, 0) is 4.79 Å². The number of pyridine rings is 1. The average molecular weight is 350 g/mol. The molecule has 3 rings (SSSR count). The standard InChI is InChI=1S/C19H18N4O3/c1-12(2)23-18-14(11-21-23)9-15(10-20-18)19(26)22-16-6-3-13(4-7-16)5-8-17(24)25/h3-12H,1-2H3,(H,22,26)(H,24,25). The highest BCUT2D eigenvalue weighted by atomic mass is 16.4. The normalized spacial score (nSPS) is 11.3. The molecule has 7 nitrogen and oxygen atoms in total. The minimum absolute atomic E-state index is 0.188. The van der Waals surface area contributed by atoms with Crippen LogP contribution in [0.5, 0.6) is 0 Å². The third-order valence-corrected chi connectivity index (χ3v) is 3.77. The van der Waals surface area contributed by atoms with Gasteiger partial charge in [0.2, 0.25) is 0 Å². The molecule has 1 aromatic carbocycles. The first-order chi connectivity index (χ1) is 12.4. The molecule has 3 aromatic rings. The Morgan fingerprint density at radius 2 is 1.92 bits per heavy atom. The van der Waals surface area contributed by atoms with Gasteiger partial charge >= 0.3 is 5.97 Å². The summed E-state index contributed by atoms with van der Waals surface area (Å²) in [7, 11) is 0. The van der Waals surface area contributed by atoms with Crippen LogP contribution in [0.25, 0.3) is 17.1 Å². The molecule has 2 heterocycles. The van der Waals surface area contributed by atoms with Crippen LogP contribution in [-0.4, -0.2) is 31.7 Å². The minimum Gasteiger partial charge on any atom is -0.478 e. The Balaban J connectivity index is 1.75. The molecule has 0 aliphatic rings. The maximum atomic E-state index is 12.4. The maximum Gasteiger partial charge on any atom is 0.328 e. The molecule has 26 heavy (non-hydrogen) atoms. The number of hydrogen-bond acceptors (Lipinski definition) is 4. The van der Waals surface area contributed by atoms with Crippen LogP contribution in [0.1, 0.15) is 35.8 Å². The Morgan fingerprint density at radius 1 is 1.19 bits per heavy atom. The number of aliphatic carboxylic acids is 1. The number of carbonyl (C=O) groups is 2. The molecule has 0 fully saturated rings. The Kier molecular flexibility index (Phi) is 4.79. The van der Waals surface area contributed by atoms with Gasteiger partial charge in [-0.1, -0.05) is 12.1 Å². The van der Waals surface area contributed by atoms with Crippen LogP contribution < -0.4 is 5.32 Å². The molecular formula is C19H18N4O3. The zero-order chi connectivity index (χ0) is 18.7. The maximum absolute atomic E-state index is 12.4. The lowest BCUT2D eigenvalue weighted by atomic mass is 10.2. The van der Waals surface area contributed by atoms with Crippen LogP contribution in [0.4, 0.5) is 5.69 Å². The van der Waals surface area contributed by atoms with E-state index >= 15 is 0 Å². The van der Waals surface area contributed by atoms with Crippen LogP contribution in [0.2, 0.25) is 0 Å². The largest absolute Gasteiger partial charge is 0.478 e. The van der Waals surface area contributed by atoms with Crippen molar-refractivity contribution in [1.29, 1.82) is 0 Å². The molecule has 2 N–H and O–H groups in total. The number of hydrogen-bond donors (Lipinski definition) is 2. The van der Waals surface area contributed by atoms with Crippen molar-refractivity contribution in [3.8, 4) is 0 Å². The van der Waals surface area contributed by atoms with Crippen molar-refractivity contribution in [3.05, 3.63) is 59.9 Å². The monoisotopic (exact) mass is 350 g/mol. The fourth-order valence-corrected chi connectivity index (χ4v) is 2.49. The van der Waals surface area contributed by atoms with Crippen LogP contribution >= 0.6 is 0 Å². The number of benzene rings is 1. The topological polar surface area (TPSA) is 97.1 Å². The van der Waals surface area contributed by atoms with E-state index in [0.717, 1.165) is 22.7 Å². The van der Waals surface area contributed by atoms with Crippen molar-refractivity contribution >= 4 is 34.7 Å². The van der Waals surface area contributed by atoms with Crippen molar-refractivity contribution in [2.24, 2.45) is 0 Å². The molecule has 7 heteroatoms. The zero-order valence-corrected chi connectivity index (χ0v) is 14.4. The molecule has 132 valence electrons. The highest BCUT2D eigenvalue weighted by molar-refractivity contribution is 6.05. The number of rotatable bonds is 5. The summed E-state index contributed by atoms with van der Waals surface area (Å²) in [5.74, 6) is -1.28. The SMILES string of the molecule is CC(C)n1ncc2cc(C(=O)Nc3ccc(C=CC(=O)O)cc3)cnc21. The first-order valence-corrected chi connectivity index (χ1v) is 8.10. The fourth-order valence-electron chi connectivity index (χ4n) is 2.49. The van der Waals surface area contributed by atoms with E-state index in [1.54, 1.807) is 41.2 Å². The lowest BCUT2D eigenvalue weighted by Crippen LogP contribution is -2.12. The van der Waals surface area contributed by atoms with E-state index in [1.165, 1.54) is 12.3 Å². The Hall–Kier alpha value is -3.48. The molecular weight excluding hydrogens is 332 g/mol. The van der Waals surface area contributed by atoms with E-state index < -0.39 is 5.97 Å². The van der Waals surface area contributed by atoms with Gasteiger partial charge in [0.15, 0.2) is 5.65 Å². The summed E-state index contributed by atoms with van der Waals surface area (Å²) in [5, 5.41) is 16.5. The summed E-state index contributed by atoms with van der Waals surface area (Å²) in [6.45, 7) is 4.04. The number of aromatic nitrogens is 3. The quantitative estimate of drug-likeness (QED) is 0.688. The molecule has 0 spiro atoms. The van der Waals surface area contributed by atoms with E-state index in [9.17, 15) is 9.59 Å². The van der Waals surface area contributed by atoms with E-state index in [-0.39, 0.29) is 11.9 Å². The Morgan fingerprint density at radius 3 is 2.58 bits per heavy atom. The van der Waals surface area contributed by atoms with Gasteiger partial charge in [-0.3, -0.25) is 4.79 Å². The fraction of sp³-hybridized carbons (Fsp3) is 0.158. The Labute approximate surface area is 150 Å². The molecule has 0 atom stereocenters. The third-order valence-electron chi connectivity index (χ3n) is 3.77. The van der Waals surface area contributed by atoms with Gasteiger partial charge in [-0.25, -0.2) is 14.5 Å². The predicted octanol–water partition coefficient (Wildman–Crippen LogP) is 3.36. The second kappa shape index (κ2) is 7.18. The first-order valence-electron chi connectivity index (χ1n) is 8.10. The first kappa shape index (κ1) is 17.3. The molecule has 0 unspecified atom stereocenters. The van der Waals surface area contributed by atoms with Crippen molar-refractivity contribution in [1.82, 2.24) is 14.8 Å². The number of carboxylic acid groups (broad SMARTS) is 1. The lowest BCUT2D eigenvalue weighted by Gasteiger charge is -2.07. The highest BCUT2D eigenvalue weighted by Crippen LogP contribution is 2.18. The second-order valence-corrected chi connectivity index (χ2v) is 6.07. The average Bonchev–Trinajstić information content (AvgIpc) is 3.04. The van der Waals surface area contributed by atoms with Crippen molar-refractivity contribution in [2.45, 2.75) is 19.9 Å². The smallest absolute Gasteiger partial charge is 0.328 e. The van der Waals surface area contributed by atoms with Crippen molar-refractivity contribution in [2.75, 3.05) is 5.32 Å². The third kappa shape index (κ3) is 3.77. The number of fused-ring (bicyclic) bond motifs is 1. The molecule has 0 aliphatic carbocycles. The van der Waals surface area contributed by atoms with Gasteiger partial charge in [-0.15, -0.1) is 0 Å². The summed E-state index contributed by atoms with van der Waals surface area (Å²) in [4.78, 5) is 27.3. The Bertz CT molecular complexity index is 988. The summed E-state index contributed by atoms with van der Waals surface area (Å²) in [6, 6.07) is 8.82. The van der Waals surface area contributed by atoms with Crippen LogP contribution in [0, 0.1) is 0 Å². The second-order valence-electron chi connectivity index (χ2n) is 6.07. The summed E-state index contributed by atoms with van der Waals surface area (Å²) < 4.78 is 1.81. The number of nitrogens with zero attached hydrogens (tertiary/aromatic N) is 3. The number of carbonyl (C=O) groups excluding carboxylic acids is 1. The van der Waals surface area contributed by atoms with E-state index in [4.69, 9.17) is 5.11 Å². The van der Waals surface area contributed by atoms with Gasteiger partial charge in [0.1, 0.15) is 0 Å². The van der Waals surface area contributed by atoms with E-state index in [2.05, 4.69) is 15.4 Å².